The lowest BCUT2D eigenvalue weighted by Gasteiger charge is -2.37. The van der Waals surface area contributed by atoms with E-state index in [1.807, 2.05) is 98.0 Å². The highest BCUT2D eigenvalue weighted by Crippen LogP contribution is 2.60. The number of carbonyl (C=O) groups excluding carboxylic acids is 2. The van der Waals surface area contributed by atoms with Gasteiger partial charge in [0, 0.05) is 48.6 Å². The van der Waals surface area contributed by atoms with Gasteiger partial charge in [0.05, 0.1) is 75.0 Å². The molecule has 16 nitrogen and oxygen atoms in total. The van der Waals surface area contributed by atoms with Crippen molar-refractivity contribution >= 4 is 47.8 Å². The van der Waals surface area contributed by atoms with Crippen LogP contribution < -0.4 is 29.8 Å². The molecule has 17 heteroatoms. The van der Waals surface area contributed by atoms with Crippen LogP contribution >= 0.6 is 0 Å². The van der Waals surface area contributed by atoms with Crippen molar-refractivity contribution in [2.24, 2.45) is 5.92 Å². The number of aliphatic hydroxyl groups is 2. The number of carbonyl (C=O) groups is 2. The maximum Gasteiger partial charge on any atom is 0.269 e. The number of nitrogens with one attached hydrogen (secondary N) is 1. The molecular weight excluding hydrogens is 931 g/mol. The van der Waals surface area contributed by atoms with Crippen LogP contribution in [0.1, 0.15) is 67.0 Å². The number of benzene rings is 5. The van der Waals surface area contributed by atoms with E-state index in [4.69, 9.17) is 14.2 Å². The molecule has 2 amide bonds. The topological polar surface area (TPSA) is 195 Å². The lowest BCUT2D eigenvalue weighted by molar-refractivity contribution is -0.385. The highest BCUT2D eigenvalue weighted by atomic mass is 28.3. The summed E-state index contributed by atoms with van der Waals surface area (Å²) in [6, 6.07) is 35.3. The van der Waals surface area contributed by atoms with Crippen molar-refractivity contribution in [1.29, 1.82) is 0 Å². The fourth-order valence-electron chi connectivity index (χ4n) is 11.4. The Bertz CT molecular complexity index is 2900. The number of aromatic nitrogens is 3. The fourth-order valence-corrected chi connectivity index (χ4v) is 15.5. The zero-order valence-electron chi connectivity index (χ0n) is 41.4. The van der Waals surface area contributed by atoms with E-state index < -0.39 is 36.7 Å². The number of hydrogen-bond acceptors (Lipinski definition) is 12. The van der Waals surface area contributed by atoms with E-state index in [9.17, 15) is 25.1 Å². The maximum atomic E-state index is 15.7. The smallest absolute Gasteiger partial charge is 0.269 e. The zero-order chi connectivity index (χ0) is 50.7. The normalized spacial score (nSPS) is 21.0. The molecule has 3 N–H and O–H groups in total. The molecule has 376 valence electrons. The quantitative estimate of drug-likeness (QED) is 0.0295. The Morgan fingerprint density at radius 1 is 0.944 bits per heavy atom. The Hall–Kier alpha value is -6.76. The lowest BCUT2D eigenvalue weighted by atomic mass is 9.82. The standard InChI is InChI=1S/C55H63N7O9Si/c1-6-70-43-21-25-49-39(30-43)31-47(56-27-10-11-29-63)53(65)61(49)40-16-14-37(15-17-40)33-60-50-24-18-41(62(67)68)32-46(50)55(54(60)66)36(2)52(72(4,5)44-22-19-42(69-3)20-23-44)51(71-55)26-28-59-34-48(57-58-59)45(35-64)38-12-8-7-9-13-38/h7-9,12-25,30,32,34,36,45,47,51-52,56,63-64H,6,10-11,26-29,31,33,35H2,1-5H3/t36-,45?,47?,51+,52-,55+/m0/s1. The molecule has 4 heterocycles. The molecule has 9 rings (SSSR count). The van der Waals surface area contributed by atoms with E-state index in [-0.39, 0.29) is 48.7 Å². The number of nitrogens with zero attached hydrogens (tertiary/aromatic N) is 6. The second kappa shape index (κ2) is 21.1. The van der Waals surface area contributed by atoms with Crippen LogP contribution in [0, 0.1) is 16.0 Å². The molecule has 3 aliphatic rings. The molecule has 1 spiro atoms. The van der Waals surface area contributed by atoms with E-state index in [0.717, 1.165) is 45.5 Å². The van der Waals surface area contributed by atoms with Crippen LogP contribution in [0.5, 0.6) is 11.5 Å². The number of aliphatic hydroxyl groups excluding tert-OH is 2. The number of hydrogen-bond donors (Lipinski definition) is 3. The average Bonchev–Trinajstić information content (AvgIpc) is 4.05. The van der Waals surface area contributed by atoms with Gasteiger partial charge in [-0.15, -0.1) is 5.10 Å². The number of rotatable bonds is 20. The Morgan fingerprint density at radius 2 is 1.68 bits per heavy atom. The summed E-state index contributed by atoms with van der Waals surface area (Å²) >= 11 is 0. The summed E-state index contributed by atoms with van der Waals surface area (Å²) in [6.45, 7) is 10.1. The number of aryl methyl sites for hydroxylation is 1. The van der Waals surface area contributed by atoms with E-state index in [0.29, 0.717) is 61.6 Å². The molecule has 2 unspecified atom stereocenters. The predicted molar refractivity (Wildman–Crippen MR) is 277 cm³/mol. The monoisotopic (exact) mass is 993 g/mol. The molecule has 72 heavy (non-hydrogen) atoms. The number of nitro benzene ring substituents is 1. The van der Waals surface area contributed by atoms with Crippen LogP contribution in [0.15, 0.2) is 121 Å². The summed E-state index contributed by atoms with van der Waals surface area (Å²) in [7, 11) is -0.946. The first kappa shape index (κ1) is 50.2. The van der Waals surface area contributed by atoms with Crippen molar-refractivity contribution in [3.05, 3.63) is 160 Å². The van der Waals surface area contributed by atoms with Crippen LogP contribution in [0.3, 0.4) is 0 Å². The van der Waals surface area contributed by atoms with E-state index in [1.165, 1.54) is 12.1 Å². The number of ether oxygens (including phenoxy) is 3. The maximum absolute atomic E-state index is 15.7. The molecule has 1 saturated heterocycles. The van der Waals surface area contributed by atoms with Crippen molar-refractivity contribution in [2.75, 3.05) is 43.3 Å². The first-order valence-corrected chi connectivity index (χ1v) is 27.9. The van der Waals surface area contributed by atoms with Crippen LogP contribution in [-0.2, 0) is 39.4 Å². The Kier molecular flexibility index (Phi) is 14.7. The molecule has 3 aliphatic heterocycles. The third-order valence-electron chi connectivity index (χ3n) is 15.0. The van der Waals surface area contributed by atoms with Crippen LogP contribution in [0.4, 0.5) is 22.7 Å². The minimum absolute atomic E-state index is 0.0849. The number of fused-ring (bicyclic) bond motifs is 3. The molecule has 1 fully saturated rings. The molecule has 0 saturated carbocycles. The molecule has 0 aliphatic carbocycles. The minimum atomic E-state index is -2.58. The molecule has 0 bridgehead atoms. The summed E-state index contributed by atoms with van der Waals surface area (Å²) in [6.07, 6.45) is 3.69. The third kappa shape index (κ3) is 9.42. The summed E-state index contributed by atoms with van der Waals surface area (Å²) in [5.74, 6) is 0.291. The van der Waals surface area contributed by atoms with Crippen LogP contribution in [-0.4, -0.2) is 95.6 Å². The molecule has 6 aromatic rings. The largest absolute Gasteiger partial charge is 0.497 e. The van der Waals surface area contributed by atoms with Gasteiger partial charge in [-0.2, -0.15) is 0 Å². The Morgan fingerprint density at radius 3 is 2.38 bits per heavy atom. The predicted octanol–water partition coefficient (Wildman–Crippen LogP) is 7.52. The number of nitro groups is 1. The van der Waals surface area contributed by atoms with Gasteiger partial charge in [0.1, 0.15) is 11.5 Å². The number of unbranched alkanes of at least 4 members (excludes halogenated alkanes) is 1. The van der Waals surface area contributed by atoms with Crippen molar-refractivity contribution in [3.63, 3.8) is 0 Å². The molecular formula is C55H63N7O9Si. The second-order valence-electron chi connectivity index (χ2n) is 19.6. The van der Waals surface area contributed by atoms with E-state index in [1.54, 1.807) is 27.7 Å². The number of methoxy groups -OCH3 is 1. The fraction of sp³-hybridized carbons (Fsp3) is 0.382. The summed E-state index contributed by atoms with van der Waals surface area (Å²) in [5.41, 5.74) is 3.90. The summed E-state index contributed by atoms with van der Waals surface area (Å²) < 4.78 is 20.5. The Labute approximate surface area is 420 Å². The summed E-state index contributed by atoms with van der Waals surface area (Å²) in [4.78, 5) is 45.4. The van der Waals surface area contributed by atoms with Gasteiger partial charge in [0.2, 0.25) is 5.91 Å². The summed E-state index contributed by atoms with van der Waals surface area (Å²) in [5, 5.41) is 45.7. The van der Waals surface area contributed by atoms with Gasteiger partial charge in [0.25, 0.3) is 11.6 Å². The van der Waals surface area contributed by atoms with Gasteiger partial charge >= 0.3 is 0 Å². The van der Waals surface area contributed by atoms with Crippen molar-refractivity contribution in [1.82, 2.24) is 20.3 Å². The van der Waals surface area contributed by atoms with Crippen molar-refractivity contribution < 1.29 is 38.9 Å². The third-order valence-corrected chi connectivity index (χ3v) is 19.4. The average molecular weight is 994 g/mol. The number of non-ortho nitro benzene ring substituents is 1. The Balaban J connectivity index is 1.04. The molecule has 1 aromatic heterocycles. The van der Waals surface area contributed by atoms with Crippen molar-refractivity contribution in [3.8, 4) is 11.5 Å². The number of anilines is 3. The van der Waals surface area contributed by atoms with Gasteiger partial charge < -0.3 is 34.6 Å². The first-order valence-electron chi connectivity index (χ1n) is 24.8. The number of amides is 2. The van der Waals surface area contributed by atoms with Gasteiger partial charge in [-0.3, -0.25) is 29.3 Å². The van der Waals surface area contributed by atoms with Crippen LogP contribution in [0.2, 0.25) is 18.6 Å². The van der Waals surface area contributed by atoms with Crippen LogP contribution in [0.25, 0.3) is 0 Å². The van der Waals surface area contributed by atoms with Gasteiger partial charge in [-0.1, -0.05) is 85.0 Å². The molecule has 5 aromatic carbocycles. The molecule has 0 radical (unpaired) electrons. The van der Waals surface area contributed by atoms with E-state index in [2.05, 4.69) is 47.8 Å². The first-order chi connectivity index (χ1) is 34.8. The second-order valence-corrected chi connectivity index (χ2v) is 24.2. The van der Waals surface area contributed by atoms with Gasteiger partial charge in [-0.05, 0) is 110 Å². The van der Waals surface area contributed by atoms with E-state index >= 15 is 4.79 Å². The van der Waals surface area contributed by atoms with Gasteiger partial charge in [-0.25, -0.2) is 0 Å². The molecule has 6 atom stereocenters. The lowest BCUT2D eigenvalue weighted by Crippen LogP contribution is -2.51. The van der Waals surface area contributed by atoms with Gasteiger partial charge in [0.15, 0.2) is 5.60 Å². The highest BCUT2D eigenvalue weighted by molar-refractivity contribution is 6.91. The highest BCUT2D eigenvalue weighted by Gasteiger charge is 2.66. The SMILES string of the molecule is CCOc1ccc2c(c1)CC(NCCCCO)C(=O)N2c1ccc(CN2C(=O)[C@]3(O[C@H](CCn4cc(C(CO)c5ccccc5)nn4)[C@@H]([Si](C)(C)c4ccc(OC)cc4)[C@@H]3C)c3cc([N+](=O)[O-])ccc32)cc1. The van der Waals surface area contributed by atoms with Crippen molar-refractivity contribution in [2.45, 2.75) is 94.9 Å². The zero-order valence-corrected chi connectivity index (χ0v) is 42.4. The minimum Gasteiger partial charge on any atom is -0.497 e.